The number of rotatable bonds is 4. The third-order valence-corrected chi connectivity index (χ3v) is 4.51. The zero-order chi connectivity index (χ0) is 14.8. The highest BCUT2D eigenvalue weighted by Gasteiger charge is 2.33. The molecule has 1 aromatic heterocycles. The van der Waals surface area contributed by atoms with E-state index in [0.29, 0.717) is 17.7 Å². The van der Waals surface area contributed by atoms with E-state index >= 15 is 0 Å². The van der Waals surface area contributed by atoms with Crippen LogP contribution in [0.2, 0.25) is 0 Å². The van der Waals surface area contributed by atoms with Crippen LogP contribution in [0.3, 0.4) is 0 Å². The smallest absolute Gasteiger partial charge is 0.225 e. The fourth-order valence-corrected chi connectivity index (χ4v) is 3.02. The molecule has 1 aromatic rings. The summed E-state index contributed by atoms with van der Waals surface area (Å²) in [5.74, 6) is 2.13. The lowest BCUT2D eigenvalue weighted by molar-refractivity contribution is -0.131. The van der Waals surface area contributed by atoms with Crippen LogP contribution >= 0.6 is 0 Å². The van der Waals surface area contributed by atoms with Gasteiger partial charge in [-0.15, -0.1) is 0 Å². The first-order valence-corrected chi connectivity index (χ1v) is 7.93. The van der Waals surface area contributed by atoms with Crippen LogP contribution < -0.4 is 4.90 Å². The van der Waals surface area contributed by atoms with Crippen LogP contribution in [-0.2, 0) is 4.79 Å². The minimum absolute atomic E-state index is 0.329. The van der Waals surface area contributed by atoms with Crippen molar-refractivity contribution in [2.75, 3.05) is 31.6 Å². The summed E-state index contributed by atoms with van der Waals surface area (Å²) in [6, 6.07) is 1.93. The van der Waals surface area contributed by atoms with E-state index in [2.05, 4.69) is 14.9 Å². The Morgan fingerprint density at radius 2 is 2.05 bits per heavy atom. The molecule has 2 aliphatic rings. The quantitative estimate of drug-likeness (QED) is 0.848. The number of hydrogen-bond donors (Lipinski definition) is 0. The fourth-order valence-electron chi connectivity index (χ4n) is 3.02. The Labute approximate surface area is 126 Å². The predicted octanol–water partition coefficient (Wildman–Crippen LogP) is 1.87. The Hall–Kier alpha value is -1.65. The average Bonchev–Trinajstić information content (AvgIpc) is 3.32. The zero-order valence-corrected chi connectivity index (χ0v) is 13.0. The first-order chi connectivity index (χ1) is 10.1. The summed E-state index contributed by atoms with van der Waals surface area (Å²) >= 11 is 0. The minimum atomic E-state index is 0.329. The van der Waals surface area contributed by atoms with Crippen LogP contribution in [0.25, 0.3) is 0 Å². The standard InChI is InChI=1S/C16H24N4O/c1-12-5-8-17-16(18-12)20-9-6-13(7-10-20)11-19(2)15(21)14-3-4-14/h5,8,13-14H,3-4,6-7,9-11H2,1-2H3. The summed E-state index contributed by atoms with van der Waals surface area (Å²) in [5, 5.41) is 0. The lowest BCUT2D eigenvalue weighted by Gasteiger charge is -2.34. The van der Waals surface area contributed by atoms with Crippen molar-refractivity contribution >= 4 is 11.9 Å². The van der Waals surface area contributed by atoms with Gasteiger partial charge in [-0.25, -0.2) is 9.97 Å². The van der Waals surface area contributed by atoms with Crippen LogP contribution in [-0.4, -0.2) is 47.5 Å². The lowest BCUT2D eigenvalue weighted by Crippen LogP contribution is -2.40. The van der Waals surface area contributed by atoms with Gasteiger partial charge in [-0.05, 0) is 44.6 Å². The highest BCUT2D eigenvalue weighted by atomic mass is 16.2. The highest BCUT2D eigenvalue weighted by molar-refractivity contribution is 5.80. The van der Waals surface area contributed by atoms with Crippen molar-refractivity contribution in [3.8, 4) is 0 Å². The molecular formula is C16H24N4O. The van der Waals surface area contributed by atoms with Crippen molar-refractivity contribution < 1.29 is 4.79 Å². The zero-order valence-electron chi connectivity index (χ0n) is 13.0. The number of nitrogens with zero attached hydrogens (tertiary/aromatic N) is 4. The predicted molar refractivity (Wildman–Crippen MR) is 82.1 cm³/mol. The molecule has 0 bridgehead atoms. The Morgan fingerprint density at radius 1 is 1.33 bits per heavy atom. The molecule has 1 aliphatic heterocycles. The Morgan fingerprint density at radius 3 is 2.67 bits per heavy atom. The summed E-state index contributed by atoms with van der Waals surface area (Å²) in [4.78, 5) is 25.1. The van der Waals surface area contributed by atoms with Gasteiger partial charge >= 0.3 is 0 Å². The second kappa shape index (κ2) is 6.00. The van der Waals surface area contributed by atoms with Gasteiger partial charge in [0, 0.05) is 44.5 Å². The van der Waals surface area contributed by atoms with Gasteiger partial charge in [-0.3, -0.25) is 4.79 Å². The van der Waals surface area contributed by atoms with E-state index in [0.717, 1.165) is 57.0 Å². The van der Waals surface area contributed by atoms with Crippen molar-refractivity contribution in [3.05, 3.63) is 18.0 Å². The van der Waals surface area contributed by atoms with Gasteiger partial charge in [0.2, 0.25) is 11.9 Å². The second-order valence-electron chi connectivity index (χ2n) is 6.42. The van der Waals surface area contributed by atoms with Crippen LogP contribution in [0, 0.1) is 18.8 Å². The number of aryl methyl sites for hydroxylation is 1. The van der Waals surface area contributed by atoms with Crippen molar-refractivity contribution in [3.63, 3.8) is 0 Å². The SMILES string of the molecule is Cc1ccnc(N2CCC(CN(C)C(=O)C3CC3)CC2)n1. The van der Waals surface area contributed by atoms with Crippen molar-refractivity contribution in [1.82, 2.24) is 14.9 Å². The van der Waals surface area contributed by atoms with Crippen LogP contribution in [0.5, 0.6) is 0 Å². The summed E-state index contributed by atoms with van der Waals surface area (Å²) in [6.07, 6.45) is 6.23. The van der Waals surface area contributed by atoms with Gasteiger partial charge in [0.15, 0.2) is 0 Å². The first-order valence-electron chi connectivity index (χ1n) is 7.93. The van der Waals surface area contributed by atoms with E-state index in [1.165, 1.54) is 0 Å². The summed E-state index contributed by atoms with van der Waals surface area (Å²) in [7, 11) is 1.96. The van der Waals surface area contributed by atoms with E-state index < -0.39 is 0 Å². The third kappa shape index (κ3) is 3.52. The van der Waals surface area contributed by atoms with Gasteiger partial charge < -0.3 is 9.80 Å². The van der Waals surface area contributed by atoms with E-state index in [1.807, 2.05) is 31.1 Å². The number of hydrogen-bond acceptors (Lipinski definition) is 4. The number of carbonyl (C=O) groups is 1. The number of amides is 1. The maximum absolute atomic E-state index is 12.0. The van der Waals surface area contributed by atoms with Crippen molar-refractivity contribution in [2.45, 2.75) is 32.6 Å². The monoisotopic (exact) mass is 288 g/mol. The normalized spacial score (nSPS) is 19.6. The average molecular weight is 288 g/mol. The van der Waals surface area contributed by atoms with Gasteiger partial charge in [-0.2, -0.15) is 0 Å². The molecule has 1 aliphatic carbocycles. The minimum Gasteiger partial charge on any atom is -0.345 e. The highest BCUT2D eigenvalue weighted by Crippen LogP contribution is 2.31. The molecule has 2 heterocycles. The van der Waals surface area contributed by atoms with Gasteiger partial charge in [0.05, 0.1) is 0 Å². The first kappa shape index (κ1) is 14.3. The van der Waals surface area contributed by atoms with E-state index in [4.69, 9.17) is 0 Å². The Balaban J connectivity index is 1.49. The Bertz CT molecular complexity index is 507. The Kier molecular flexibility index (Phi) is 4.08. The third-order valence-electron chi connectivity index (χ3n) is 4.51. The van der Waals surface area contributed by atoms with Crippen LogP contribution in [0.1, 0.15) is 31.4 Å². The lowest BCUT2D eigenvalue weighted by atomic mass is 9.96. The molecule has 3 rings (SSSR count). The van der Waals surface area contributed by atoms with E-state index in [-0.39, 0.29) is 0 Å². The molecule has 0 N–H and O–H groups in total. The van der Waals surface area contributed by atoms with Gasteiger partial charge in [-0.1, -0.05) is 0 Å². The molecule has 1 saturated heterocycles. The summed E-state index contributed by atoms with van der Waals surface area (Å²) in [5.41, 5.74) is 1.01. The molecule has 2 fully saturated rings. The molecule has 114 valence electrons. The van der Waals surface area contributed by atoms with Crippen molar-refractivity contribution in [2.24, 2.45) is 11.8 Å². The van der Waals surface area contributed by atoms with Gasteiger partial charge in [0.1, 0.15) is 0 Å². The molecule has 0 aromatic carbocycles. The number of piperidine rings is 1. The molecule has 5 heteroatoms. The number of carbonyl (C=O) groups excluding carboxylic acids is 1. The van der Waals surface area contributed by atoms with E-state index in [1.54, 1.807) is 0 Å². The molecule has 21 heavy (non-hydrogen) atoms. The molecule has 0 atom stereocenters. The topological polar surface area (TPSA) is 49.3 Å². The fraction of sp³-hybridized carbons (Fsp3) is 0.688. The number of aromatic nitrogens is 2. The molecule has 0 spiro atoms. The molecule has 5 nitrogen and oxygen atoms in total. The molecule has 0 unspecified atom stereocenters. The maximum Gasteiger partial charge on any atom is 0.225 e. The van der Waals surface area contributed by atoms with Crippen molar-refractivity contribution in [1.29, 1.82) is 0 Å². The van der Waals surface area contributed by atoms with Crippen LogP contribution in [0.4, 0.5) is 5.95 Å². The van der Waals surface area contributed by atoms with Gasteiger partial charge in [0.25, 0.3) is 0 Å². The summed E-state index contributed by atoms with van der Waals surface area (Å²) < 4.78 is 0. The van der Waals surface area contributed by atoms with Crippen LogP contribution in [0.15, 0.2) is 12.3 Å². The maximum atomic E-state index is 12.0. The summed E-state index contributed by atoms with van der Waals surface area (Å²) in [6.45, 7) is 4.87. The largest absolute Gasteiger partial charge is 0.345 e. The van der Waals surface area contributed by atoms with E-state index in [9.17, 15) is 4.79 Å². The molecule has 0 radical (unpaired) electrons. The molecule has 1 amide bonds. The second-order valence-corrected chi connectivity index (χ2v) is 6.42. The molecular weight excluding hydrogens is 264 g/mol. The number of anilines is 1. The molecule has 1 saturated carbocycles.